The van der Waals surface area contributed by atoms with Crippen LogP contribution < -0.4 is 0 Å². The summed E-state index contributed by atoms with van der Waals surface area (Å²) in [5, 5.41) is 9.93. The zero-order valence-electron chi connectivity index (χ0n) is 17.8. The van der Waals surface area contributed by atoms with E-state index in [-0.39, 0.29) is 43.0 Å². The van der Waals surface area contributed by atoms with Gasteiger partial charge >= 0.3 is 0 Å². The van der Waals surface area contributed by atoms with Crippen LogP contribution in [0.1, 0.15) is 17.0 Å². The van der Waals surface area contributed by atoms with E-state index in [1.165, 1.54) is 0 Å². The fourth-order valence-electron chi connectivity index (χ4n) is 4.74. The molecule has 2 amide bonds. The molecule has 31 heavy (non-hydrogen) atoms. The molecule has 0 aliphatic carbocycles. The van der Waals surface area contributed by atoms with Crippen molar-refractivity contribution in [2.24, 2.45) is 0 Å². The topological polar surface area (TPSA) is 82.6 Å². The van der Waals surface area contributed by atoms with Gasteiger partial charge in [0, 0.05) is 38.2 Å². The molecule has 3 atom stereocenters. The lowest BCUT2D eigenvalue weighted by molar-refractivity contribution is -0.167. The summed E-state index contributed by atoms with van der Waals surface area (Å²) in [6, 6.07) is 7.53. The van der Waals surface area contributed by atoms with Crippen LogP contribution >= 0.6 is 0 Å². The minimum Gasteiger partial charge on any atom is -0.394 e. The van der Waals surface area contributed by atoms with Crippen molar-refractivity contribution in [2.45, 2.75) is 18.0 Å². The van der Waals surface area contributed by atoms with Gasteiger partial charge in [0.25, 0.3) is 0 Å². The third-order valence-electron chi connectivity index (χ3n) is 6.31. The SMILES string of the molecule is COCC#Cc1ccc([C@H]2[C@@H](CO)N3C(=O)CN(C(=O)CN4CCOCC4)C[C@@H]23)cc1. The third-order valence-corrected chi connectivity index (χ3v) is 6.31. The highest BCUT2D eigenvalue weighted by molar-refractivity contribution is 5.88. The van der Waals surface area contributed by atoms with E-state index in [1.807, 2.05) is 24.3 Å². The summed E-state index contributed by atoms with van der Waals surface area (Å²) in [4.78, 5) is 31.1. The highest BCUT2D eigenvalue weighted by Crippen LogP contribution is 2.42. The predicted molar refractivity (Wildman–Crippen MR) is 113 cm³/mol. The number of morpholine rings is 1. The predicted octanol–water partition coefficient (Wildman–Crippen LogP) is -0.486. The number of aliphatic hydroxyl groups excluding tert-OH is 1. The summed E-state index contributed by atoms with van der Waals surface area (Å²) in [5.74, 6) is 5.85. The van der Waals surface area contributed by atoms with Crippen LogP contribution in [0.5, 0.6) is 0 Å². The zero-order chi connectivity index (χ0) is 21.8. The molecule has 1 aromatic carbocycles. The Labute approximate surface area is 182 Å². The van der Waals surface area contributed by atoms with Crippen LogP contribution in [0.15, 0.2) is 24.3 Å². The minimum atomic E-state index is -0.251. The number of benzene rings is 1. The van der Waals surface area contributed by atoms with Crippen LogP contribution in [0.25, 0.3) is 0 Å². The summed E-state index contributed by atoms with van der Waals surface area (Å²) < 4.78 is 10.3. The number of aliphatic hydroxyl groups is 1. The van der Waals surface area contributed by atoms with Gasteiger partial charge in [-0.1, -0.05) is 24.0 Å². The van der Waals surface area contributed by atoms with Crippen LogP contribution in [0.4, 0.5) is 0 Å². The molecule has 0 unspecified atom stereocenters. The van der Waals surface area contributed by atoms with Gasteiger partial charge in [0.05, 0.1) is 45.0 Å². The van der Waals surface area contributed by atoms with Gasteiger partial charge in [-0.3, -0.25) is 14.5 Å². The molecule has 0 radical (unpaired) electrons. The highest BCUT2D eigenvalue weighted by Gasteiger charge is 2.54. The van der Waals surface area contributed by atoms with Crippen molar-refractivity contribution in [3.8, 4) is 11.8 Å². The minimum absolute atomic E-state index is 0.00563. The van der Waals surface area contributed by atoms with E-state index < -0.39 is 0 Å². The monoisotopic (exact) mass is 427 g/mol. The van der Waals surface area contributed by atoms with Crippen LogP contribution in [0, 0.1) is 11.8 Å². The Morgan fingerprint density at radius 1 is 1.26 bits per heavy atom. The number of fused-ring (bicyclic) bond motifs is 1. The molecule has 3 fully saturated rings. The van der Waals surface area contributed by atoms with Crippen molar-refractivity contribution in [3.05, 3.63) is 35.4 Å². The summed E-state index contributed by atoms with van der Waals surface area (Å²) >= 11 is 0. The molecule has 8 nitrogen and oxygen atoms in total. The number of hydrogen-bond donors (Lipinski definition) is 1. The molecule has 3 heterocycles. The quantitative estimate of drug-likeness (QED) is 0.639. The van der Waals surface area contributed by atoms with Crippen LogP contribution in [0.3, 0.4) is 0 Å². The standard InChI is InChI=1S/C23H29N3O5/c1-30-10-2-3-17-4-6-18(7-5-17)23-19-13-25(15-22(29)26(19)20(23)16-27)21(28)14-24-8-11-31-12-9-24/h4-7,19-20,23,27H,8-16H2,1H3/t19-,20+,23+/m0/s1. The summed E-state index contributed by atoms with van der Waals surface area (Å²) in [6.07, 6.45) is 0. The number of amides is 2. The first-order chi connectivity index (χ1) is 15.1. The second-order valence-corrected chi connectivity index (χ2v) is 8.16. The number of methoxy groups -OCH3 is 1. The second kappa shape index (κ2) is 9.79. The molecule has 4 rings (SSSR count). The summed E-state index contributed by atoms with van der Waals surface area (Å²) in [5.41, 5.74) is 1.94. The van der Waals surface area contributed by atoms with E-state index in [4.69, 9.17) is 9.47 Å². The molecule has 3 aliphatic rings. The Kier molecular flexibility index (Phi) is 6.88. The molecule has 1 aromatic rings. The van der Waals surface area contributed by atoms with Gasteiger partial charge in [0.2, 0.25) is 11.8 Å². The number of rotatable bonds is 5. The number of carbonyl (C=O) groups excluding carboxylic acids is 2. The fourth-order valence-corrected chi connectivity index (χ4v) is 4.74. The number of ether oxygens (including phenoxy) is 2. The number of nitrogens with zero attached hydrogens (tertiary/aromatic N) is 3. The van der Waals surface area contributed by atoms with E-state index in [0.717, 1.165) is 24.2 Å². The van der Waals surface area contributed by atoms with E-state index in [0.29, 0.717) is 32.9 Å². The smallest absolute Gasteiger partial charge is 0.242 e. The molecule has 0 saturated carbocycles. The van der Waals surface area contributed by atoms with Crippen molar-refractivity contribution < 1.29 is 24.2 Å². The van der Waals surface area contributed by atoms with Crippen molar-refractivity contribution in [1.82, 2.24) is 14.7 Å². The van der Waals surface area contributed by atoms with Crippen LogP contribution in [0.2, 0.25) is 0 Å². The number of piperazine rings is 1. The maximum absolute atomic E-state index is 12.9. The van der Waals surface area contributed by atoms with Crippen LogP contribution in [-0.4, -0.2) is 110 Å². The lowest BCUT2D eigenvalue weighted by Gasteiger charge is -2.58. The summed E-state index contributed by atoms with van der Waals surface area (Å²) in [7, 11) is 1.61. The van der Waals surface area contributed by atoms with Gasteiger partial charge in [-0.2, -0.15) is 0 Å². The Morgan fingerprint density at radius 3 is 2.68 bits per heavy atom. The fraction of sp³-hybridized carbons (Fsp3) is 0.565. The molecular formula is C23H29N3O5. The largest absolute Gasteiger partial charge is 0.394 e. The lowest BCUT2D eigenvalue weighted by Crippen LogP contribution is -2.73. The molecule has 3 aliphatic heterocycles. The molecular weight excluding hydrogens is 398 g/mol. The summed E-state index contributed by atoms with van der Waals surface area (Å²) in [6.45, 7) is 3.91. The van der Waals surface area contributed by atoms with E-state index in [1.54, 1.807) is 16.9 Å². The molecule has 8 heteroatoms. The Hall–Kier alpha value is -2.44. The van der Waals surface area contributed by atoms with Gasteiger partial charge < -0.3 is 24.4 Å². The van der Waals surface area contributed by atoms with Crippen molar-refractivity contribution in [2.75, 3.05) is 66.3 Å². The van der Waals surface area contributed by atoms with Crippen molar-refractivity contribution >= 4 is 11.8 Å². The molecule has 166 valence electrons. The Morgan fingerprint density at radius 2 is 2.00 bits per heavy atom. The van der Waals surface area contributed by atoms with Crippen molar-refractivity contribution in [1.29, 1.82) is 0 Å². The number of hydrogen-bond acceptors (Lipinski definition) is 6. The van der Waals surface area contributed by atoms with Crippen molar-refractivity contribution in [3.63, 3.8) is 0 Å². The van der Waals surface area contributed by atoms with Gasteiger partial charge in [0.1, 0.15) is 6.61 Å². The number of carbonyl (C=O) groups is 2. The molecule has 1 N–H and O–H groups in total. The lowest BCUT2D eigenvalue weighted by atomic mass is 9.73. The first kappa shape index (κ1) is 21.8. The zero-order valence-corrected chi connectivity index (χ0v) is 17.8. The van der Waals surface area contributed by atoms with Crippen LogP contribution in [-0.2, 0) is 19.1 Å². The highest BCUT2D eigenvalue weighted by atomic mass is 16.5. The van der Waals surface area contributed by atoms with Gasteiger partial charge in [0.15, 0.2) is 0 Å². The first-order valence-corrected chi connectivity index (χ1v) is 10.7. The molecule has 3 saturated heterocycles. The molecule has 0 aromatic heterocycles. The molecule has 0 spiro atoms. The average molecular weight is 428 g/mol. The normalized spacial score (nSPS) is 26.0. The Bertz CT molecular complexity index is 856. The van der Waals surface area contributed by atoms with E-state index >= 15 is 0 Å². The Balaban J connectivity index is 1.45. The van der Waals surface area contributed by atoms with Gasteiger partial charge in [-0.25, -0.2) is 0 Å². The third kappa shape index (κ3) is 4.60. The molecule has 0 bridgehead atoms. The van der Waals surface area contributed by atoms with Gasteiger partial charge in [-0.15, -0.1) is 0 Å². The van der Waals surface area contributed by atoms with Gasteiger partial charge in [-0.05, 0) is 17.7 Å². The van der Waals surface area contributed by atoms with E-state index in [9.17, 15) is 14.7 Å². The maximum Gasteiger partial charge on any atom is 0.242 e. The first-order valence-electron chi connectivity index (χ1n) is 10.7. The second-order valence-electron chi connectivity index (χ2n) is 8.16. The van der Waals surface area contributed by atoms with E-state index in [2.05, 4.69) is 16.7 Å². The average Bonchev–Trinajstić information content (AvgIpc) is 2.77. The maximum atomic E-state index is 12.9.